The summed E-state index contributed by atoms with van der Waals surface area (Å²) in [5.41, 5.74) is 3.84. The number of H-pyrrole nitrogens is 1. The van der Waals surface area contributed by atoms with Crippen molar-refractivity contribution < 1.29 is 28.8 Å². The minimum atomic E-state index is -0.651. The fourth-order valence-corrected chi connectivity index (χ4v) is 2.63. The molecule has 0 saturated carbocycles. The molecule has 1 rings (SSSR count). The summed E-state index contributed by atoms with van der Waals surface area (Å²) in [6.45, 7) is 8.48. The van der Waals surface area contributed by atoms with Gasteiger partial charge in [-0.05, 0) is 51.2 Å². The molecule has 4 N–H and O–H groups in total. The third-order valence-electron chi connectivity index (χ3n) is 4.32. The lowest BCUT2D eigenvalue weighted by Crippen LogP contribution is -2.45. The van der Waals surface area contributed by atoms with E-state index in [0.717, 1.165) is 24.5 Å². The van der Waals surface area contributed by atoms with Crippen LogP contribution in [-0.4, -0.2) is 77.0 Å². The third-order valence-corrected chi connectivity index (χ3v) is 4.64. The molecule has 0 fully saturated rings. The minimum absolute atomic E-state index is 0.0200. The molecular weight excluding hydrogens is 480 g/mol. The summed E-state index contributed by atoms with van der Waals surface area (Å²) >= 11 is 3.96. The van der Waals surface area contributed by atoms with Crippen LogP contribution in [-0.2, 0) is 19.1 Å². The van der Waals surface area contributed by atoms with E-state index < -0.39 is 22.0 Å². The molecule has 0 radical (unpaired) electrons. The van der Waals surface area contributed by atoms with E-state index in [4.69, 9.17) is 9.47 Å². The summed E-state index contributed by atoms with van der Waals surface area (Å²) in [5, 5.41) is 19.2. The number of carbonyl (C=O) groups is 3. The van der Waals surface area contributed by atoms with Crippen LogP contribution in [0.1, 0.15) is 63.9 Å². The molecule has 1 aromatic heterocycles. The number of nitrogens with zero attached hydrogens (tertiary/aromatic N) is 2. The van der Waals surface area contributed by atoms with Crippen molar-refractivity contribution in [2.24, 2.45) is 0 Å². The summed E-state index contributed by atoms with van der Waals surface area (Å²) in [7, 11) is 1.67. The van der Waals surface area contributed by atoms with E-state index in [9.17, 15) is 24.5 Å². The monoisotopic (exact) mass is 518 g/mol. The number of aromatic nitrogens is 2. The van der Waals surface area contributed by atoms with Crippen LogP contribution in [0.4, 0.5) is 5.82 Å². The second kappa shape index (κ2) is 17.0. The Labute approximate surface area is 211 Å². The predicted octanol–water partition coefficient (Wildman–Crippen LogP) is 1.56. The number of hydrogen-bond acceptors (Lipinski definition) is 10. The highest BCUT2D eigenvalue weighted by molar-refractivity contribution is 7.80. The molecule has 14 heteroatoms. The summed E-state index contributed by atoms with van der Waals surface area (Å²) in [4.78, 5) is 43.0. The van der Waals surface area contributed by atoms with Crippen LogP contribution in [0.5, 0.6) is 0 Å². The van der Waals surface area contributed by atoms with Crippen molar-refractivity contribution >= 4 is 36.5 Å². The molecule has 35 heavy (non-hydrogen) atoms. The number of hydrogen-bond donors (Lipinski definition) is 5. The average molecular weight is 519 g/mol. The molecule has 0 atom stereocenters. The molecular formula is C21H38N6O7S. The second-order valence-corrected chi connectivity index (χ2v) is 9.17. The molecule has 0 aliphatic rings. The van der Waals surface area contributed by atoms with E-state index >= 15 is 0 Å². The summed E-state index contributed by atoms with van der Waals surface area (Å²) in [6.07, 6.45) is 3.04. The fourth-order valence-electron chi connectivity index (χ4n) is 2.47. The Balaban J connectivity index is 0.00000109. The van der Waals surface area contributed by atoms with Gasteiger partial charge in [0.05, 0.1) is 24.9 Å². The molecule has 0 aliphatic heterocycles. The van der Waals surface area contributed by atoms with Crippen LogP contribution in [0.25, 0.3) is 0 Å². The van der Waals surface area contributed by atoms with Crippen LogP contribution < -0.4 is 16.2 Å². The zero-order valence-electron chi connectivity index (χ0n) is 21.0. The van der Waals surface area contributed by atoms with E-state index in [1.54, 1.807) is 7.05 Å². The maximum atomic E-state index is 12.2. The Morgan fingerprint density at radius 2 is 1.97 bits per heavy atom. The first-order valence-corrected chi connectivity index (χ1v) is 11.7. The van der Waals surface area contributed by atoms with Gasteiger partial charge in [0.25, 0.3) is 5.91 Å². The van der Waals surface area contributed by atoms with Gasteiger partial charge < -0.3 is 29.7 Å². The number of aromatic amines is 1. The van der Waals surface area contributed by atoms with Crippen molar-refractivity contribution in [1.82, 2.24) is 26.4 Å². The van der Waals surface area contributed by atoms with E-state index in [2.05, 4.69) is 39.0 Å². The largest absolute Gasteiger partial charge is 0.378 e. The van der Waals surface area contributed by atoms with Gasteiger partial charge in [0.1, 0.15) is 6.29 Å². The van der Waals surface area contributed by atoms with Crippen LogP contribution in [0.15, 0.2) is 6.07 Å². The van der Waals surface area contributed by atoms with Gasteiger partial charge in [0.15, 0.2) is 5.69 Å². The van der Waals surface area contributed by atoms with Crippen LogP contribution in [0.2, 0.25) is 0 Å². The van der Waals surface area contributed by atoms with Gasteiger partial charge in [-0.3, -0.25) is 15.0 Å². The van der Waals surface area contributed by atoms with Crippen molar-refractivity contribution in [3.63, 3.8) is 0 Å². The fraction of sp³-hybridized carbons (Fsp3) is 0.714. The Morgan fingerprint density at radius 3 is 2.51 bits per heavy atom. The van der Waals surface area contributed by atoms with Gasteiger partial charge in [0, 0.05) is 32.0 Å². The average Bonchev–Trinajstić information content (AvgIpc) is 3.26. The third kappa shape index (κ3) is 15.9. The number of rotatable bonds is 16. The highest BCUT2D eigenvalue weighted by Gasteiger charge is 2.26. The normalized spacial score (nSPS) is 11.3. The molecule has 0 aromatic carbocycles. The maximum Gasteiger partial charge on any atom is 0.343 e. The molecule has 0 bridgehead atoms. The van der Waals surface area contributed by atoms with Gasteiger partial charge in [-0.2, -0.15) is 12.6 Å². The smallest absolute Gasteiger partial charge is 0.343 e. The van der Waals surface area contributed by atoms with Gasteiger partial charge in [-0.25, -0.2) is 5.43 Å². The molecule has 0 aliphatic carbocycles. The first kappa shape index (κ1) is 32.5. The highest BCUT2D eigenvalue weighted by Crippen LogP contribution is 2.16. The number of thiol groups is 1. The van der Waals surface area contributed by atoms with Crippen molar-refractivity contribution in [2.45, 2.75) is 64.5 Å². The summed E-state index contributed by atoms with van der Waals surface area (Å²) in [6, 6.07) is 1.09. The number of aldehydes is 1. The molecule has 1 heterocycles. The maximum absolute atomic E-state index is 12.2. The van der Waals surface area contributed by atoms with E-state index in [-0.39, 0.29) is 17.4 Å². The van der Waals surface area contributed by atoms with Crippen LogP contribution >= 0.6 is 12.6 Å². The second-order valence-electron chi connectivity index (χ2n) is 8.72. The standard InChI is InChI=1S/C16H26N4O6.C5H12N2OS/c1-15(2,6-9-26-16(3,4)11-25-8-5-7-21)17-14(22)12-10-13(19-18-12)20(23)24;1-6-7-5(8)3-2-4-9/h7,10H,5-6,8-9,11H2,1-4H3,(H,17,22)(H,18,19);6,9H,2-4H2,1H3,(H,7,8). The topological polar surface area (TPSA) is 178 Å². The van der Waals surface area contributed by atoms with Gasteiger partial charge in [-0.15, -0.1) is 5.10 Å². The summed E-state index contributed by atoms with van der Waals surface area (Å²) < 4.78 is 11.2. The molecule has 13 nitrogen and oxygen atoms in total. The van der Waals surface area contributed by atoms with Crippen molar-refractivity contribution in [2.75, 3.05) is 32.6 Å². The van der Waals surface area contributed by atoms with Gasteiger partial charge in [0.2, 0.25) is 5.91 Å². The number of hydrazine groups is 1. The number of nitrogens with one attached hydrogen (secondary N) is 4. The number of amides is 2. The lowest BCUT2D eigenvalue weighted by molar-refractivity contribution is -0.389. The lowest BCUT2D eigenvalue weighted by atomic mass is 10.0. The van der Waals surface area contributed by atoms with E-state index in [0.29, 0.717) is 39.1 Å². The first-order chi connectivity index (χ1) is 16.4. The number of ether oxygens (including phenoxy) is 2. The molecule has 1 aromatic rings. The van der Waals surface area contributed by atoms with E-state index in [1.807, 2.05) is 27.7 Å². The predicted molar refractivity (Wildman–Crippen MR) is 133 cm³/mol. The van der Waals surface area contributed by atoms with Crippen LogP contribution in [0.3, 0.4) is 0 Å². The number of nitro groups is 1. The zero-order valence-corrected chi connectivity index (χ0v) is 21.9. The van der Waals surface area contributed by atoms with Crippen molar-refractivity contribution in [1.29, 1.82) is 0 Å². The lowest BCUT2D eigenvalue weighted by Gasteiger charge is -2.30. The van der Waals surface area contributed by atoms with Crippen LogP contribution in [0, 0.1) is 10.1 Å². The van der Waals surface area contributed by atoms with E-state index in [1.165, 1.54) is 0 Å². The summed E-state index contributed by atoms with van der Waals surface area (Å²) in [5.74, 6) is -0.0631. The quantitative estimate of drug-likeness (QED) is 0.0714. The van der Waals surface area contributed by atoms with Crippen molar-refractivity contribution in [3.05, 3.63) is 21.9 Å². The van der Waals surface area contributed by atoms with Crippen molar-refractivity contribution in [3.8, 4) is 0 Å². The molecule has 0 unspecified atom stereocenters. The SMILES string of the molecule is CC(C)(CCOC(C)(C)COCCC=O)NC(=O)c1cc([N+](=O)[O-])[nH]n1.CNNC(=O)CCCS. The van der Waals surface area contributed by atoms with Gasteiger partial charge >= 0.3 is 5.82 Å². The highest BCUT2D eigenvalue weighted by atomic mass is 32.1. The molecule has 0 saturated heterocycles. The Hall–Kier alpha value is -2.55. The first-order valence-electron chi connectivity index (χ1n) is 11.1. The minimum Gasteiger partial charge on any atom is -0.378 e. The molecule has 200 valence electrons. The Bertz CT molecular complexity index is 801. The Kier molecular flexibility index (Phi) is 15.7. The molecule has 2 amide bonds. The molecule has 0 spiro atoms. The zero-order chi connectivity index (χ0) is 26.9. The Morgan fingerprint density at radius 1 is 1.29 bits per heavy atom. The van der Waals surface area contributed by atoms with Gasteiger partial charge in [-0.1, -0.05) is 5.10 Å². The number of carbonyl (C=O) groups excluding carboxylic acids is 3.